The summed E-state index contributed by atoms with van der Waals surface area (Å²) < 4.78 is 7.68. The van der Waals surface area contributed by atoms with Crippen molar-refractivity contribution in [2.75, 3.05) is 32.0 Å². The first kappa shape index (κ1) is 21.1. The van der Waals surface area contributed by atoms with E-state index in [-0.39, 0.29) is 30.1 Å². The number of rotatable bonds is 6. The van der Waals surface area contributed by atoms with Crippen LogP contribution < -0.4 is 20.7 Å². The molecule has 4 rings (SSSR count). The van der Waals surface area contributed by atoms with E-state index in [1.807, 2.05) is 25.2 Å². The molecule has 1 aliphatic rings. The lowest BCUT2D eigenvalue weighted by Gasteiger charge is -2.16. The van der Waals surface area contributed by atoms with E-state index in [0.29, 0.717) is 19.6 Å². The highest BCUT2D eigenvalue weighted by Gasteiger charge is 2.22. The largest absolute Gasteiger partial charge is 0.488 e. The number of nitrogens with zero attached hydrogens (tertiary/aromatic N) is 5. The van der Waals surface area contributed by atoms with Crippen molar-refractivity contribution >= 4 is 46.8 Å². The van der Waals surface area contributed by atoms with Gasteiger partial charge in [-0.15, -0.1) is 24.0 Å². The molecule has 1 atom stereocenters. The molecule has 3 N–H and O–H groups in total. The van der Waals surface area contributed by atoms with E-state index in [2.05, 4.69) is 42.1 Å². The number of nitrogens with one attached hydrogen (secondary N) is 3. The lowest BCUT2D eigenvalue weighted by molar-refractivity contribution is 0.235. The van der Waals surface area contributed by atoms with E-state index >= 15 is 0 Å². The normalized spacial score (nSPS) is 15.4. The molecular formula is C19H25IN8O. The number of guanidine groups is 1. The molecular weight excluding hydrogens is 483 g/mol. The Labute approximate surface area is 186 Å². The average molecular weight is 508 g/mol. The van der Waals surface area contributed by atoms with Crippen molar-refractivity contribution in [2.45, 2.75) is 12.5 Å². The van der Waals surface area contributed by atoms with Gasteiger partial charge in [-0.25, -0.2) is 9.97 Å². The molecule has 0 spiro atoms. The molecule has 1 aromatic carbocycles. The smallest absolute Gasteiger partial charge is 0.191 e. The van der Waals surface area contributed by atoms with Crippen LogP contribution in [0.2, 0.25) is 0 Å². The van der Waals surface area contributed by atoms with Crippen molar-refractivity contribution in [3.63, 3.8) is 0 Å². The number of fused-ring (bicyclic) bond motifs is 2. The topological polar surface area (TPSA) is 101 Å². The number of hydrogen-bond acceptors (Lipinski definition) is 6. The first-order valence-corrected chi connectivity index (χ1v) is 9.30. The summed E-state index contributed by atoms with van der Waals surface area (Å²) in [7, 11) is 3.62. The fourth-order valence-corrected chi connectivity index (χ4v) is 3.26. The lowest BCUT2D eigenvalue weighted by Crippen LogP contribution is -2.43. The standard InChI is InChI=1S/C19H24N8O.HI/c1-20-19(23-10-14-9-13-5-3-4-6-16(13)28-14)22-8-7-21-17-15-11-26-27(2)18(15)25-12-24-17;/h3-6,11-12,14H,7-10H2,1-2H3,(H2,20,22,23)(H,21,24,25);1H. The molecule has 0 aliphatic carbocycles. The molecule has 0 saturated carbocycles. The third kappa shape index (κ3) is 4.86. The molecule has 0 amide bonds. The maximum Gasteiger partial charge on any atom is 0.191 e. The second kappa shape index (κ2) is 9.72. The molecule has 3 aromatic rings. The fraction of sp³-hybridized carbons (Fsp3) is 0.368. The van der Waals surface area contributed by atoms with Gasteiger partial charge in [0.05, 0.1) is 18.1 Å². The summed E-state index contributed by atoms with van der Waals surface area (Å²) in [6, 6.07) is 8.17. The quantitative estimate of drug-likeness (QED) is 0.201. The minimum absolute atomic E-state index is 0. The molecule has 29 heavy (non-hydrogen) atoms. The molecule has 1 unspecified atom stereocenters. The number of aryl methyl sites for hydroxylation is 1. The van der Waals surface area contributed by atoms with E-state index in [4.69, 9.17) is 4.74 Å². The van der Waals surface area contributed by atoms with Gasteiger partial charge in [0.2, 0.25) is 0 Å². The van der Waals surface area contributed by atoms with E-state index < -0.39 is 0 Å². The second-order valence-corrected chi connectivity index (χ2v) is 6.59. The molecule has 10 heteroatoms. The zero-order valence-corrected chi connectivity index (χ0v) is 18.8. The predicted molar refractivity (Wildman–Crippen MR) is 124 cm³/mol. The Bertz CT molecular complexity index is 964. The summed E-state index contributed by atoms with van der Waals surface area (Å²) >= 11 is 0. The Balaban J connectivity index is 0.00000240. The third-order valence-electron chi connectivity index (χ3n) is 4.67. The SMILES string of the molecule is CN=C(NCCNc1ncnc2c1cnn2C)NCC1Cc2ccccc2O1.I. The van der Waals surface area contributed by atoms with Gasteiger partial charge in [-0.05, 0) is 11.6 Å². The van der Waals surface area contributed by atoms with Gasteiger partial charge in [0.15, 0.2) is 11.6 Å². The summed E-state index contributed by atoms with van der Waals surface area (Å²) in [5.74, 6) is 2.50. The number of ether oxygens (including phenoxy) is 1. The van der Waals surface area contributed by atoms with Gasteiger partial charge in [-0.2, -0.15) is 5.10 Å². The number of para-hydroxylation sites is 1. The molecule has 3 heterocycles. The van der Waals surface area contributed by atoms with Gasteiger partial charge < -0.3 is 20.7 Å². The highest BCUT2D eigenvalue weighted by Crippen LogP contribution is 2.27. The first-order chi connectivity index (χ1) is 13.7. The van der Waals surface area contributed by atoms with Crippen LogP contribution in [-0.4, -0.2) is 58.5 Å². The summed E-state index contributed by atoms with van der Waals surface area (Å²) in [5, 5.41) is 15.1. The Morgan fingerprint density at radius 3 is 2.93 bits per heavy atom. The monoisotopic (exact) mass is 508 g/mol. The molecule has 0 bridgehead atoms. The maximum absolute atomic E-state index is 5.95. The summed E-state index contributed by atoms with van der Waals surface area (Å²) in [6.07, 6.45) is 4.34. The van der Waals surface area contributed by atoms with E-state index in [1.54, 1.807) is 24.3 Å². The van der Waals surface area contributed by atoms with Crippen molar-refractivity contribution < 1.29 is 4.74 Å². The molecule has 9 nitrogen and oxygen atoms in total. The van der Waals surface area contributed by atoms with Crippen LogP contribution in [0.5, 0.6) is 5.75 Å². The van der Waals surface area contributed by atoms with Gasteiger partial charge in [-0.3, -0.25) is 9.67 Å². The lowest BCUT2D eigenvalue weighted by atomic mass is 10.1. The van der Waals surface area contributed by atoms with Crippen LogP contribution in [-0.2, 0) is 13.5 Å². The molecule has 0 radical (unpaired) electrons. The van der Waals surface area contributed by atoms with Gasteiger partial charge in [0.1, 0.15) is 24.0 Å². The van der Waals surface area contributed by atoms with E-state index in [9.17, 15) is 0 Å². The predicted octanol–water partition coefficient (Wildman–Crippen LogP) is 1.56. The highest BCUT2D eigenvalue weighted by molar-refractivity contribution is 14.0. The number of anilines is 1. The van der Waals surface area contributed by atoms with Crippen LogP contribution in [0.15, 0.2) is 41.8 Å². The van der Waals surface area contributed by atoms with Gasteiger partial charge in [0.25, 0.3) is 0 Å². The van der Waals surface area contributed by atoms with Crippen molar-refractivity contribution in [3.8, 4) is 5.75 Å². The Kier molecular flexibility index (Phi) is 7.07. The van der Waals surface area contributed by atoms with Crippen LogP contribution in [0.1, 0.15) is 5.56 Å². The summed E-state index contributed by atoms with van der Waals surface area (Å²) in [5.41, 5.74) is 2.06. The maximum atomic E-state index is 5.95. The third-order valence-corrected chi connectivity index (χ3v) is 4.67. The molecule has 154 valence electrons. The first-order valence-electron chi connectivity index (χ1n) is 9.30. The van der Waals surface area contributed by atoms with Gasteiger partial charge in [0, 0.05) is 33.6 Å². The Hall–Kier alpha value is -2.63. The zero-order valence-electron chi connectivity index (χ0n) is 16.4. The zero-order chi connectivity index (χ0) is 19.3. The summed E-state index contributed by atoms with van der Waals surface area (Å²) in [6.45, 7) is 2.08. The number of hydrogen-bond donors (Lipinski definition) is 3. The van der Waals surface area contributed by atoms with Crippen molar-refractivity contribution in [1.82, 2.24) is 30.4 Å². The van der Waals surface area contributed by atoms with Crippen LogP contribution in [0, 0.1) is 0 Å². The minimum Gasteiger partial charge on any atom is -0.488 e. The summed E-state index contributed by atoms with van der Waals surface area (Å²) in [4.78, 5) is 12.8. The molecule has 1 aliphatic heterocycles. The number of aliphatic imine (C=N–C) groups is 1. The van der Waals surface area contributed by atoms with Gasteiger partial charge in [-0.1, -0.05) is 18.2 Å². The Morgan fingerprint density at radius 1 is 1.24 bits per heavy atom. The fourth-order valence-electron chi connectivity index (χ4n) is 3.26. The Morgan fingerprint density at radius 2 is 2.10 bits per heavy atom. The van der Waals surface area contributed by atoms with Crippen molar-refractivity contribution in [2.24, 2.45) is 12.0 Å². The molecule has 0 fully saturated rings. The minimum atomic E-state index is 0. The number of halogens is 1. The van der Waals surface area contributed by atoms with Gasteiger partial charge >= 0.3 is 0 Å². The number of benzene rings is 1. The van der Waals surface area contributed by atoms with Crippen LogP contribution >= 0.6 is 24.0 Å². The van der Waals surface area contributed by atoms with Crippen LogP contribution in [0.3, 0.4) is 0 Å². The number of aromatic nitrogens is 4. The molecule has 2 aromatic heterocycles. The molecule has 0 saturated heterocycles. The average Bonchev–Trinajstić information content (AvgIpc) is 3.31. The van der Waals surface area contributed by atoms with Crippen molar-refractivity contribution in [3.05, 3.63) is 42.4 Å². The highest BCUT2D eigenvalue weighted by atomic mass is 127. The van der Waals surface area contributed by atoms with E-state index in [0.717, 1.165) is 35.0 Å². The van der Waals surface area contributed by atoms with Crippen LogP contribution in [0.4, 0.5) is 5.82 Å². The van der Waals surface area contributed by atoms with E-state index in [1.165, 1.54) is 5.56 Å². The second-order valence-electron chi connectivity index (χ2n) is 6.59. The van der Waals surface area contributed by atoms with Crippen molar-refractivity contribution in [1.29, 1.82) is 0 Å². The van der Waals surface area contributed by atoms with Crippen LogP contribution in [0.25, 0.3) is 11.0 Å².